The van der Waals surface area contributed by atoms with Gasteiger partial charge in [0.25, 0.3) is 0 Å². The van der Waals surface area contributed by atoms with Gasteiger partial charge in [0.1, 0.15) is 5.54 Å². The van der Waals surface area contributed by atoms with Gasteiger partial charge in [-0.05, 0) is 24.6 Å². The summed E-state index contributed by atoms with van der Waals surface area (Å²) in [6, 6.07) is 20.6. The van der Waals surface area contributed by atoms with E-state index in [-0.39, 0.29) is 0 Å². The zero-order valence-electron chi connectivity index (χ0n) is 11.7. The van der Waals surface area contributed by atoms with Gasteiger partial charge < -0.3 is 5.32 Å². The average Bonchev–Trinajstić information content (AvgIpc) is 2.51. The fourth-order valence-electron chi connectivity index (χ4n) is 2.58. The highest BCUT2D eigenvalue weighted by Gasteiger charge is 2.36. The third-order valence-corrected chi connectivity index (χ3v) is 4.01. The highest BCUT2D eigenvalue weighted by atomic mass is 32.1. The molecule has 0 saturated heterocycles. The maximum Gasteiger partial charge on any atom is 0.101 e. The van der Waals surface area contributed by atoms with Gasteiger partial charge in [-0.15, -0.1) is 6.58 Å². The van der Waals surface area contributed by atoms with E-state index < -0.39 is 5.54 Å². The Hall–Kier alpha value is -1.77. The van der Waals surface area contributed by atoms with Gasteiger partial charge >= 0.3 is 0 Å². The molecule has 1 nitrogen and oxygen atoms in total. The Labute approximate surface area is 126 Å². The first-order valence-electron chi connectivity index (χ1n) is 6.70. The molecule has 2 aromatic rings. The molecule has 0 amide bonds. The van der Waals surface area contributed by atoms with E-state index in [1.807, 2.05) is 49.5 Å². The van der Waals surface area contributed by atoms with Crippen LogP contribution in [0.25, 0.3) is 0 Å². The Kier molecular flexibility index (Phi) is 4.83. The molecule has 2 aromatic carbocycles. The maximum absolute atomic E-state index is 5.72. The van der Waals surface area contributed by atoms with E-state index in [1.165, 1.54) is 0 Å². The number of allylic oxidation sites excluding steroid dienone is 1. The van der Waals surface area contributed by atoms with Crippen molar-refractivity contribution < 1.29 is 0 Å². The second-order valence-corrected chi connectivity index (χ2v) is 5.14. The van der Waals surface area contributed by atoms with Crippen LogP contribution in [0.3, 0.4) is 0 Å². The van der Waals surface area contributed by atoms with Crippen LogP contribution in [-0.4, -0.2) is 11.9 Å². The van der Waals surface area contributed by atoms with E-state index in [9.17, 15) is 0 Å². The Bertz CT molecular complexity index is 535. The zero-order valence-corrected chi connectivity index (χ0v) is 12.5. The fraction of sp³-hybridized carbons (Fsp3) is 0.167. The summed E-state index contributed by atoms with van der Waals surface area (Å²) in [5.41, 5.74) is 1.85. The van der Waals surface area contributed by atoms with Crippen molar-refractivity contribution in [2.75, 3.05) is 7.05 Å². The monoisotopic (exact) mass is 281 g/mol. The molecule has 0 fully saturated rings. The highest BCUT2D eigenvalue weighted by Crippen LogP contribution is 2.32. The first-order chi connectivity index (χ1) is 9.75. The van der Waals surface area contributed by atoms with Gasteiger partial charge in [-0.25, -0.2) is 0 Å². The predicted molar refractivity (Wildman–Crippen MR) is 90.1 cm³/mol. The quantitative estimate of drug-likeness (QED) is 0.632. The molecule has 20 heavy (non-hydrogen) atoms. The molecule has 0 unspecified atom stereocenters. The summed E-state index contributed by atoms with van der Waals surface area (Å²) in [6.45, 7) is 3.82. The van der Waals surface area contributed by atoms with Crippen LogP contribution in [0.1, 0.15) is 17.5 Å². The lowest BCUT2D eigenvalue weighted by Gasteiger charge is -2.35. The summed E-state index contributed by atoms with van der Waals surface area (Å²) in [6.07, 6.45) is 2.56. The third kappa shape index (κ3) is 2.58. The molecule has 2 heteroatoms. The van der Waals surface area contributed by atoms with Crippen molar-refractivity contribution in [3.05, 3.63) is 84.4 Å². The predicted octanol–water partition coefficient (Wildman–Crippen LogP) is 4.10. The third-order valence-electron chi connectivity index (χ3n) is 3.54. The molecular weight excluding hydrogens is 262 g/mol. The van der Waals surface area contributed by atoms with Gasteiger partial charge in [-0.3, -0.25) is 0 Å². The van der Waals surface area contributed by atoms with E-state index in [1.54, 1.807) is 0 Å². The Balaban J connectivity index is 2.64. The molecule has 102 valence electrons. The number of nitrogens with one attached hydrogen (secondary N) is 1. The molecular formula is C18H19NS. The van der Waals surface area contributed by atoms with Crippen LogP contribution in [-0.2, 0) is 5.54 Å². The zero-order chi connectivity index (χ0) is 14.4. The SMILES string of the molecule is C=CCC(=S)C(NC)(c1ccccc1)c1ccccc1. The number of rotatable bonds is 6. The van der Waals surface area contributed by atoms with Crippen molar-refractivity contribution in [3.8, 4) is 0 Å². The largest absolute Gasteiger partial charge is 0.303 e. The maximum atomic E-state index is 5.72. The van der Waals surface area contributed by atoms with Crippen molar-refractivity contribution in [2.24, 2.45) is 0 Å². The number of hydrogen-bond donors (Lipinski definition) is 1. The van der Waals surface area contributed by atoms with Crippen LogP contribution in [0.5, 0.6) is 0 Å². The van der Waals surface area contributed by atoms with Crippen molar-refractivity contribution in [3.63, 3.8) is 0 Å². The highest BCUT2D eigenvalue weighted by molar-refractivity contribution is 7.80. The molecule has 2 rings (SSSR count). The van der Waals surface area contributed by atoms with Crippen LogP contribution in [0.2, 0.25) is 0 Å². The lowest BCUT2D eigenvalue weighted by Crippen LogP contribution is -2.47. The number of benzene rings is 2. The Morgan fingerprint density at radius 1 is 1.05 bits per heavy atom. The molecule has 0 heterocycles. The van der Waals surface area contributed by atoms with Gasteiger partial charge in [-0.2, -0.15) is 0 Å². The van der Waals surface area contributed by atoms with Crippen molar-refractivity contribution in [1.82, 2.24) is 5.32 Å². The van der Waals surface area contributed by atoms with Gasteiger partial charge in [0.15, 0.2) is 0 Å². The molecule has 0 aliphatic rings. The minimum absolute atomic E-state index is 0.452. The van der Waals surface area contributed by atoms with E-state index in [0.717, 1.165) is 16.0 Å². The molecule has 0 spiro atoms. The molecule has 1 N–H and O–H groups in total. The van der Waals surface area contributed by atoms with E-state index in [0.29, 0.717) is 6.42 Å². The molecule has 0 saturated carbocycles. The van der Waals surface area contributed by atoms with Crippen LogP contribution >= 0.6 is 12.2 Å². The normalized spacial score (nSPS) is 11.1. The summed E-state index contributed by atoms with van der Waals surface area (Å²) in [5.74, 6) is 0. The fourth-order valence-corrected chi connectivity index (χ4v) is 3.03. The molecule has 0 aliphatic heterocycles. The minimum Gasteiger partial charge on any atom is -0.303 e. The van der Waals surface area contributed by atoms with Crippen molar-refractivity contribution >= 4 is 17.1 Å². The summed E-state index contributed by atoms with van der Waals surface area (Å²) >= 11 is 5.72. The molecule has 0 radical (unpaired) electrons. The van der Waals surface area contributed by atoms with Crippen molar-refractivity contribution in [1.29, 1.82) is 0 Å². The Morgan fingerprint density at radius 3 is 1.85 bits per heavy atom. The molecule has 0 aromatic heterocycles. The number of hydrogen-bond acceptors (Lipinski definition) is 2. The van der Waals surface area contributed by atoms with Gasteiger partial charge in [0.05, 0.1) is 0 Å². The topological polar surface area (TPSA) is 12.0 Å². The van der Waals surface area contributed by atoms with E-state index in [4.69, 9.17) is 12.2 Å². The molecule has 0 aliphatic carbocycles. The van der Waals surface area contributed by atoms with Crippen LogP contribution in [0, 0.1) is 0 Å². The van der Waals surface area contributed by atoms with E-state index in [2.05, 4.69) is 36.2 Å². The van der Waals surface area contributed by atoms with Crippen LogP contribution in [0.15, 0.2) is 73.3 Å². The van der Waals surface area contributed by atoms with E-state index >= 15 is 0 Å². The summed E-state index contributed by atoms with van der Waals surface area (Å²) in [4.78, 5) is 0.924. The van der Waals surface area contributed by atoms with Gasteiger partial charge in [0, 0.05) is 4.86 Å². The first-order valence-corrected chi connectivity index (χ1v) is 7.10. The number of thiocarbonyl (C=S) groups is 1. The minimum atomic E-state index is -0.452. The second-order valence-electron chi connectivity index (χ2n) is 4.65. The van der Waals surface area contributed by atoms with Crippen LogP contribution < -0.4 is 5.32 Å². The average molecular weight is 281 g/mol. The lowest BCUT2D eigenvalue weighted by atomic mass is 9.79. The van der Waals surface area contributed by atoms with Crippen LogP contribution in [0.4, 0.5) is 0 Å². The van der Waals surface area contributed by atoms with Gasteiger partial charge in [-0.1, -0.05) is 79.0 Å². The van der Waals surface area contributed by atoms with Gasteiger partial charge in [0.2, 0.25) is 0 Å². The summed E-state index contributed by atoms with van der Waals surface area (Å²) in [7, 11) is 1.95. The van der Waals surface area contributed by atoms with Crippen molar-refractivity contribution in [2.45, 2.75) is 12.0 Å². The smallest absolute Gasteiger partial charge is 0.101 e. The standard InChI is InChI=1S/C18H19NS/c1-3-10-17(20)18(19-2,15-11-6-4-7-12-15)16-13-8-5-9-14-16/h3-9,11-14,19H,1,10H2,2H3. The lowest BCUT2D eigenvalue weighted by molar-refractivity contribution is 0.584. The summed E-state index contributed by atoms with van der Waals surface area (Å²) < 4.78 is 0. The molecule has 0 bridgehead atoms. The summed E-state index contributed by atoms with van der Waals surface area (Å²) in [5, 5.41) is 3.44. The Morgan fingerprint density at radius 2 is 1.50 bits per heavy atom. The molecule has 0 atom stereocenters. The first kappa shape index (κ1) is 14.6. The second kappa shape index (κ2) is 6.60.